The molecule has 0 unspecified atom stereocenters. The van der Waals surface area contributed by atoms with Gasteiger partial charge >= 0.3 is 6.09 Å². The van der Waals surface area contributed by atoms with Gasteiger partial charge in [0.1, 0.15) is 5.60 Å². The van der Waals surface area contributed by atoms with Crippen LogP contribution in [-0.4, -0.2) is 39.6 Å². The van der Waals surface area contributed by atoms with Gasteiger partial charge in [-0.25, -0.2) is 9.18 Å². The quantitative estimate of drug-likeness (QED) is 0.638. The predicted octanol–water partition coefficient (Wildman–Crippen LogP) is 5.94. The SMILES string of the molecule is CCC[C@@]1(C)CC(=NCc2ccccc2)[C@H](F)C(C)(C)N1C(=O)OC(C)(C)C. The Bertz CT molecular complexity index is 709. The molecule has 0 bridgehead atoms. The highest BCUT2D eigenvalue weighted by Crippen LogP contribution is 2.42. The van der Waals surface area contributed by atoms with Gasteiger partial charge in [0.25, 0.3) is 0 Å². The number of amides is 1. The number of nitrogens with zero attached hydrogens (tertiary/aromatic N) is 2. The van der Waals surface area contributed by atoms with E-state index in [0.29, 0.717) is 18.7 Å². The number of rotatable bonds is 4. The first kappa shape index (κ1) is 22.4. The van der Waals surface area contributed by atoms with Crippen LogP contribution >= 0.6 is 0 Å². The summed E-state index contributed by atoms with van der Waals surface area (Å²) >= 11 is 0. The van der Waals surface area contributed by atoms with E-state index in [-0.39, 0.29) is 0 Å². The summed E-state index contributed by atoms with van der Waals surface area (Å²) in [5.74, 6) is 0. The number of likely N-dealkylation sites (tertiary alicyclic amines) is 1. The van der Waals surface area contributed by atoms with Crippen LogP contribution < -0.4 is 0 Å². The monoisotopic (exact) mass is 390 g/mol. The van der Waals surface area contributed by atoms with Crippen LogP contribution in [0.15, 0.2) is 35.3 Å². The van der Waals surface area contributed by atoms with Crippen molar-refractivity contribution in [2.45, 2.75) is 97.1 Å². The fourth-order valence-corrected chi connectivity index (χ4v) is 4.19. The lowest BCUT2D eigenvalue weighted by Gasteiger charge is -2.55. The van der Waals surface area contributed by atoms with E-state index in [0.717, 1.165) is 18.4 Å². The molecule has 2 rings (SSSR count). The van der Waals surface area contributed by atoms with Crippen LogP contribution in [0.4, 0.5) is 9.18 Å². The number of benzene rings is 1. The van der Waals surface area contributed by atoms with Gasteiger partial charge in [0.15, 0.2) is 6.17 Å². The number of aliphatic imine (C=N–C) groups is 1. The van der Waals surface area contributed by atoms with Gasteiger partial charge in [-0.1, -0.05) is 43.7 Å². The molecule has 1 aromatic carbocycles. The van der Waals surface area contributed by atoms with Crippen LogP contribution in [0.3, 0.4) is 0 Å². The molecule has 4 nitrogen and oxygen atoms in total. The largest absolute Gasteiger partial charge is 0.444 e. The van der Waals surface area contributed by atoms with Crippen LogP contribution in [0.25, 0.3) is 0 Å². The summed E-state index contributed by atoms with van der Waals surface area (Å²) in [5, 5.41) is 0. The second-order valence-electron chi connectivity index (χ2n) is 9.55. The molecule has 1 fully saturated rings. The highest BCUT2D eigenvalue weighted by atomic mass is 19.1. The molecular weight excluding hydrogens is 355 g/mol. The van der Waals surface area contributed by atoms with Gasteiger partial charge in [-0.2, -0.15) is 0 Å². The van der Waals surface area contributed by atoms with E-state index in [9.17, 15) is 4.79 Å². The average Bonchev–Trinajstić information content (AvgIpc) is 2.56. The fraction of sp³-hybridized carbons (Fsp3) is 0.652. The standard InChI is InChI=1S/C23H35FN2O2/c1-8-14-23(7)15-18(25-16-17-12-10-9-11-13-17)19(24)22(5,6)26(23)20(27)28-21(2,3)4/h9-13,19H,8,14-16H2,1-7H3/t19-,23-/m0/s1. The van der Waals surface area contributed by atoms with Crippen molar-refractivity contribution in [2.75, 3.05) is 0 Å². The van der Waals surface area contributed by atoms with Crippen molar-refractivity contribution >= 4 is 11.8 Å². The van der Waals surface area contributed by atoms with Gasteiger partial charge in [0, 0.05) is 12.0 Å². The minimum Gasteiger partial charge on any atom is -0.444 e. The van der Waals surface area contributed by atoms with E-state index in [4.69, 9.17) is 4.74 Å². The lowest BCUT2D eigenvalue weighted by Crippen LogP contribution is -2.69. The highest BCUT2D eigenvalue weighted by molar-refractivity contribution is 5.93. The summed E-state index contributed by atoms with van der Waals surface area (Å²) in [5.41, 5.74) is -0.636. The van der Waals surface area contributed by atoms with Gasteiger partial charge in [-0.15, -0.1) is 0 Å². The molecular formula is C23H35FN2O2. The number of alkyl halides is 1. The van der Waals surface area contributed by atoms with Gasteiger partial charge in [0.05, 0.1) is 17.8 Å². The molecule has 0 spiro atoms. The Hall–Kier alpha value is -1.91. The topological polar surface area (TPSA) is 41.9 Å². The van der Waals surface area contributed by atoms with E-state index in [1.807, 2.05) is 58.0 Å². The third-order valence-corrected chi connectivity index (χ3v) is 5.26. The molecule has 1 aromatic rings. The van der Waals surface area contributed by atoms with Crippen molar-refractivity contribution in [1.29, 1.82) is 0 Å². The molecule has 2 atom stereocenters. The van der Waals surface area contributed by atoms with E-state index in [1.54, 1.807) is 18.7 Å². The molecule has 1 aliphatic heterocycles. The minimum absolute atomic E-state index is 0.414. The third kappa shape index (κ3) is 4.92. The molecule has 1 saturated heterocycles. The fourth-order valence-electron chi connectivity index (χ4n) is 4.19. The predicted molar refractivity (Wildman–Crippen MR) is 113 cm³/mol. The van der Waals surface area contributed by atoms with Crippen molar-refractivity contribution in [3.8, 4) is 0 Å². The number of hydrogen-bond donors (Lipinski definition) is 0. The minimum atomic E-state index is -1.34. The second-order valence-corrected chi connectivity index (χ2v) is 9.55. The highest BCUT2D eigenvalue weighted by Gasteiger charge is 2.55. The Balaban J connectivity index is 2.38. The molecule has 0 aliphatic carbocycles. The van der Waals surface area contributed by atoms with E-state index in [2.05, 4.69) is 11.9 Å². The van der Waals surface area contributed by atoms with Crippen molar-refractivity contribution in [2.24, 2.45) is 4.99 Å². The van der Waals surface area contributed by atoms with Gasteiger partial charge in [-0.3, -0.25) is 9.89 Å². The second kappa shape index (κ2) is 8.22. The van der Waals surface area contributed by atoms with Gasteiger partial charge in [0.2, 0.25) is 0 Å². The number of piperidine rings is 1. The van der Waals surface area contributed by atoms with E-state index >= 15 is 4.39 Å². The first-order valence-electron chi connectivity index (χ1n) is 10.2. The number of hydrogen-bond acceptors (Lipinski definition) is 3. The molecule has 0 saturated carbocycles. The summed E-state index contributed by atoms with van der Waals surface area (Å²) in [7, 11) is 0. The number of carbonyl (C=O) groups excluding carboxylic acids is 1. The van der Waals surface area contributed by atoms with E-state index in [1.165, 1.54) is 0 Å². The first-order valence-corrected chi connectivity index (χ1v) is 10.2. The summed E-state index contributed by atoms with van der Waals surface area (Å²) in [4.78, 5) is 19.3. The summed E-state index contributed by atoms with van der Waals surface area (Å²) < 4.78 is 21.2. The Kier molecular flexibility index (Phi) is 6.57. The van der Waals surface area contributed by atoms with Crippen LogP contribution in [-0.2, 0) is 11.3 Å². The Labute approximate surface area is 169 Å². The maximum Gasteiger partial charge on any atom is 0.411 e. The summed E-state index contributed by atoms with van der Waals surface area (Å²) in [6.07, 6.45) is 0.255. The molecule has 1 amide bonds. The van der Waals surface area contributed by atoms with Gasteiger partial charge in [-0.05, 0) is 53.5 Å². The van der Waals surface area contributed by atoms with Crippen LogP contribution in [0, 0.1) is 0 Å². The Morgan fingerprint density at radius 3 is 2.39 bits per heavy atom. The Morgan fingerprint density at radius 1 is 1.25 bits per heavy atom. The lowest BCUT2D eigenvalue weighted by molar-refractivity contribution is -0.0592. The summed E-state index contributed by atoms with van der Waals surface area (Å²) in [6.45, 7) is 13.6. The zero-order valence-electron chi connectivity index (χ0n) is 18.4. The first-order chi connectivity index (χ1) is 12.9. The third-order valence-electron chi connectivity index (χ3n) is 5.26. The molecule has 28 heavy (non-hydrogen) atoms. The number of halogens is 1. The molecule has 1 heterocycles. The molecule has 1 aliphatic rings. The zero-order chi connectivity index (χ0) is 21.2. The molecule has 0 aromatic heterocycles. The Morgan fingerprint density at radius 2 is 1.86 bits per heavy atom. The number of carbonyl (C=O) groups is 1. The van der Waals surface area contributed by atoms with Crippen LogP contribution in [0.1, 0.15) is 73.3 Å². The lowest BCUT2D eigenvalue weighted by atomic mass is 9.74. The van der Waals surface area contributed by atoms with Crippen molar-refractivity contribution in [1.82, 2.24) is 4.90 Å². The van der Waals surface area contributed by atoms with E-state index < -0.39 is 28.9 Å². The molecule has 156 valence electrons. The molecule has 0 radical (unpaired) electrons. The van der Waals surface area contributed by atoms with Crippen LogP contribution in [0.5, 0.6) is 0 Å². The van der Waals surface area contributed by atoms with Crippen molar-refractivity contribution in [3.05, 3.63) is 35.9 Å². The maximum absolute atomic E-state index is 15.6. The number of ether oxygens (including phenoxy) is 1. The van der Waals surface area contributed by atoms with Crippen molar-refractivity contribution in [3.63, 3.8) is 0 Å². The maximum atomic E-state index is 15.6. The smallest absolute Gasteiger partial charge is 0.411 e. The zero-order valence-corrected chi connectivity index (χ0v) is 18.4. The van der Waals surface area contributed by atoms with Gasteiger partial charge < -0.3 is 4.74 Å². The molecule has 5 heteroatoms. The normalized spacial score (nSPS) is 26.4. The average molecular weight is 391 g/mol. The molecule has 0 N–H and O–H groups in total. The van der Waals surface area contributed by atoms with Crippen molar-refractivity contribution < 1.29 is 13.9 Å². The van der Waals surface area contributed by atoms with Crippen LogP contribution in [0.2, 0.25) is 0 Å². The summed E-state index contributed by atoms with van der Waals surface area (Å²) in [6, 6.07) is 9.85.